The van der Waals surface area contributed by atoms with E-state index in [2.05, 4.69) is 9.97 Å². The van der Waals surface area contributed by atoms with Crippen LogP contribution in [-0.2, 0) is 22.6 Å². The zero-order valence-corrected chi connectivity index (χ0v) is 32.5. The Labute approximate surface area is 327 Å². The van der Waals surface area contributed by atoms with Gasteiger partial charge in [-0.15, -0.1) is 0 Å². The van der Waals surface area contributed by atoms with E-state index in [-0.39, 0.29) is 64.3 Å². The van der Waals surface area contributed by atoms with Crippen molar-refractivity contribution in [1.82, 2.24) is 19.9 Å². The van der Waals surface area contributed by atoms with Crippen molar-refractivity contribution in [3.63, 3.8) is 0 Å². The van der Waals surface area contributed by atoms with Gasteiger partial charge in [0, 0.05) is 36.6 Å². The molecule has 0 spiro atoms. The highest BCUT2D eigenvalue weighted by Gasteiger charge is 2.43. The molecule has 0 saturated carbocycles. The average Bonchev–Trinajstić information content (AvgIpc) is 3.14. The fourth-order valence-corrected chi connectivity index (χ4v) is 7.45. The lowest BCUT2D eigenvalue weighted by molar-refractivity contribution is -0.0107. The molecule has 0 radical (unpaired) electrons. The SMILES string of the molecule is COc1ccc(CN(Cc2ccc(OC)cc2)c2cc(Cl)cc(-c3c(Cl)cc4c(N5C6COCC5CN(C(=O)OC(C)(C)C)C6)nc(F)nc4c3F)n2)cc1. The molecule has 2 saturated heterocycles. The first-order valence-electron chi connectivity index (χ1n) is 17.7. The van der Waals surface area contributed by atoms with Crippen LogP contribution in [0.4, 0.5) is 25.2 Å². The van der Waals surface area contributed by atoms with Gasteiger partial charge in [0.15, 0.2) is 5.82 Å². The number of benzene rings is 3. The predicted octanol–water partition coefficient (Wildman–Crippen LogP) is 8.33. The summed E-state index contributed by atoms with van der Waals surface area (Å²) < 4.78 is 54.4. The van der Waals surface area contributed by atoms with Crippen LogP contribution in [0.1, 0.15) is 31.9 Å². The van der Waals surface area contributed by atoms with E-state index in [0.717, 1.165) is 22.6 Å². The zero-order valence-electron chi connectivity index (χ0n) is 31.0. The van der Waals surface area contributed by atoms with E-state index in [1.807, 2.05) is 58.3 Å². The van der Waals surface area contributed by atoms with Gasteiger partial charge in [0.05, 0.1) is 55.8 Å². The van der Waals surface area contributed by atoms with Crippen molar-refractivity contribution >= 4 is 51.8 Å². The van der Waals surface area contributed by atoms with Crippen molar-refractivity contribution in [2.24, 2.45) is 0 Å². The maximum absolute atomic E-state index is 16.9. The van der Waals surface area contributed by atoms with Gasteiger partial charge in [-0.3, -0.25) is 0 Å². The van der Waals surface area contributed by atoms with Gasteiger partial charge < -0.3 is 33.6 Å². The number of aromatic nitrogens is 3. The molecule has 0 aliphatic carbocycles. The molecule has 15 heteroatoms. The zero-order chi connectivity index (χ0) is 39.0. The van der Waals surface area contributed by atoms with Gasteiger partial charge in [-0.05, 0) is 74.4 Å². The lowest BCUT2D eigenvalue weighted by atomic mass is 10.0. The number of carbonyl (C=O) groups is 1. The van der Waals surface area contributed by atoms with E-state index in [1.165, 1.54) is 12.1 Å². The van der Waals surface area contributed by atoms with Gasteiger partial charge in [0.2, 0.25) is 0 Å². The standard InChI is InChI=1S/C40H40Cl2F2N6O5/c1-40(2,3)55-39(51)49-19-26-21-54-22-27(20-49)50(26)37-30-16-31(42)34(35(43)36(30)46-38(44)47-37)32-14-25(41)15-33(45-32)48(17-23-6-10-28(52-4)11-7-23)18-24-8-12-29(53-5)13-9-24/h6-16,26-27H,17-22H2,1-5H3. The Morgan fingerprint density at radius 1 is 0.873 bits per heavy atom. The van der Waals surface area contributed by atoms with Gasteiger partial charge in [-0.25, -0.2) is 14.2 Å². The second-order valence-electron chi connectivity index (χ2n) is 14.5. The minimum atomic E-state index is -1.12. The summed E-state index contributed by atoms with van der Waals surface area (Å²) >= 11 is 13.6. The van der Waals surface area contributed by atoms with Gasteiger partial charge in [-0.2, -0.15) is 14.4 Å². The Morgan fingerprint density at radius 2 is 1.45 bits per heavy atom. The first-order valence-corrected chi connectivity index (χ1v) is 18.4. The molecule has 1 amide bonds. The van der Waals surface area contributed by atoms with Crippen LogP contribution < -0.4 is 19.3 Å². The van der Waals surface area contributed by atoms with Crippen LogP contribution in [0.3, 0.4) is 0 Å². The number of methoxy groups -OCH3 is 2. The number of piperazine rings is 1. The molecule has 2 aliphatic rings. The molecule has 11 nitrogen and oxygen atoms in total. The molecular formula is C40H40Cl2F2N6O5. The maximum atomic E-state index is 16.9. The van der Waals surface area contributed by atoms with E-state index in [1.54, 1.807) is 46.0 Å². The molecule has 2 bridgehead atoms. The molecule has 288 valence electrons. The summed E-state index contributed by atoms with van der Waals surface area (Å²) in [6, 6.07) is 19.2. The number of carbonyl (C=O) groups excluding carboxylic acids is 1. The van der Waals surface area contributed by atoms with E-state index in [4.69, 9.17) is 47.1 Å². The lowest BCUT2D eigenvalue weighted by Crippen LogP contribution is -2.66. The highest BCUT2D eigenvalue weighted by molar-refractivity contribution is 6.35. The number of hydrogen-bond donors (Lipinski definition) is 0. The molecule has 7 rings (SSSR count). The Kier molecular flexibility index (Phi) is 10.9. The first-order chi connectivity index (χ1) is 26.3. The molecule has 2 atom stereocenters. The quantitative estimate of drug-likeness (QED) is 0.136. The van der Waals surface area contributed by atoms with Crippen molar-refractivity contribution in [3.05, 3.63) is 99.8 Å². The van der Waals surface area contributed by atoms with E-state index in [9.17, 15) is 4.79 Å². The number of pyridine rings is 1. The van der Waals surface area contributed by atoms with Crippen LogP contribution in [0.15, 0.2) is 66.7 Å². The molecule has 5 aromatic rings. The third kappa shape index (κ3) is 8.34. The van der Waals surface area contributed by atoms with Crippen LogP contribution in [0.2, 0.25) is 10.0 Å². The number of rotatable bonds is 9. The number of hydrogen-bond acceptors (Lipinski definition) is 10. The second-order valence-corrected chi connectivity index (χ2v) is 15.3. The van der Waals surface area contributed by atoms with Crippen molar-refractivity contribution < 1.29 is 32.5 Å². The number of fused-ring (bicyclic) bond motifs is 3. The van der Waals surface area contributed by atoms with Crippen LogP contribution in [0.25, 0.3) is 22.2 Å². The molecule has 4 heterocycles. The monoisotopic (exact) mass is 792 g/mol. The number of nitrogens with zero attached hydrogens (tertiary/aromatic N) is 6. The number of ether oxygens (including phenoxy) is 4. The third-order valence-electron chi connectivity index (χ3n) is 9.42. The van der Waals surface area contributed by atoms with Crippen LogP contribution in [0.5, 0.6) is 11.5 Å². The summed E-state index contributed by atoms with van der Waals surface area (Å²) in [4.78, 5) is 31.4. The summed E-state index contributed by atoms with van der Waals surface area (Å²) in [5, 5.41) is 0.501. The number of halogens is 4. The Balaban J connectivity index is 1.26. The molecule has 2 aliphatic heterocycles. The van der Waals surface area contributed by atoms with Gasteiger partial charge in [0.25, 0.3) is 0 Å². The van der Waals surface area contributed by atoms with Crippen LogP contribution in [0, 0.1) is 11.9 Å². The average molecular weight is 794 g/mol. The Morgan fingerprint density at radius 3 is 2.00 bits per heavy atom. The predicted molar refractivity (Wildman–Crippen MR) is 207 cm³/mol. The minimum absolute atomic E-state index is 0.00725. The van der Waals surface area contributed by atoms with Gasteiger partial charge in [-0.1, -0.05) is 47.5 Å². The summed E-state index contributed by atoms with van der Waals surface area (Å²) in [6.07, 6.45) is -1.57. The molecule has 2 aromatic heterocycles. The van der Waals surface area contributed by atoms with Gasteiger partial charge >= 0.3 is 12.2 Å². The van der Waals surface area contributed by atoms with Crippen molar-refractivity contribution in [2.75, 3.05) is 50.3 Å². The Bertz CT molecular complexity index is 2140. The first kappa shape index (κ1) is 38.3. The highest BCUT2D eigenvalue weighted by atomic mass is 35.5. The molecule has 0 N–H and O–H groups in total. The number of morpholine rings is 1. The Hall–Kier alpha value is -4.98. The number of anilines is 2. The fourth-order valence-electron chi connectivity index (χ4n) is 6.96. The van der Waals surface area contributed by atoms with E-state index < -0.39 is 35.7 Å². The fraction of sp³-hybridized carbons (Fsp3) is 0.350. The maximum Gasteiger partial charge on any atom is 0.410 e. The number of amides is 1. The molecular weight excluding hydrogens is 753 g/mol. The molecule has 3 aromatic carbocycles. The van der Waals surface area contributed by atoms with Crippen molar-refractivity contribution in [2.45, 2.75) is 51.5 Å². The molecule has 2 fully saturated rings. The molecule has 55 heavy (non-hydrogen) atoms. The van der Waals surface area contributed by atoms with Crippen molar-refractivity contribution in [3.8, 4) is 22.8 Å². The largest absolute Gasteiger partial charge is 0.497 e. The lowest BCUT2D eigenvalue weighted by Gasteiger charge is -2.50. The topological polar surface area (TPSA) is 102 Å². The molecule has 2 unspecified atom stereocenters. The second kappa shape index (κ2) is 15.6. The van der Waals surface area contributed by atoms with Crippen molar-refractivity contribution in [1.29, 1.82) is 0 Å². The summed E-state index contributed by atoms with van der Waals surface area (Å²) in [5.41, 5.74) is 1.03. The van der Waals surface area contributed by atoms with E-state index >= 15 is 8.78 Å². The highest BCUT2D eigenvalue weighted by Crippen LogP contribution is 2.41. The summed E-state index contributed by atoms with van der Waals surface area (Å²) in [6.45, 7) is 7.16. The third-order valence-corrected chi connectivity index (χ3v) is 9.94. The summed E-state index contributed by atoms with van der Waals surface area (Å²) in [7, 11) is 3.21. The summed E-state index contributed by atoms with van der Waals surface area (Å²) in [5.74, 6) is 1.17. The smallest absolute Gasteiger partial charge is 0.410 e. The van der Waals surface area contributed by atoms with Crippen LogP contribution >= 0.6 is 23.2 Å². The normalized spacial score (nSPS) is 17.0. The van der Waals surface area contributed by atoms with Crippen LogP contribution in [-0.4, -0.2) is 84.2 Å². The minimum Gasteiger partial charge on any atom is -0.497 e. The van der Waals surface area contributed by atoms with Gasteiger partial charge in [0.1, 0.15) is 34.3 Å². The van der Waals surface area contributed by atoms with E-state index in [0.29, 0.717) is 18.9 Å².